The van der Waals surface area contributed by atoms with Gasteiger partial charge in [-0.15, -0.1) is 0 Å². The molecule has 2 N–H and O–H groups in total. The topological polar surface area (TPSA) is 105 Å². The molecule has 190 valence electrons. The fraction of sp³-hybridized carbons (Fsp3) is 0.167. The number of methoxy groups -OCH3 is 1. The van der Waals surface area contributed by atoms with Gasteiger partial charge >= 0.3 is 6.03 Å². The largest absolute Gasteiger partial charge is 0.497 e. The van der Waals surface area contributed by atoms with Gasteiger partial charge in [0.25, 0.3) is 10.0 Å². The Morgan fingerprint density at radius 1 is 0.972 bits per heavy atom. The third-order valence-electron chi connectivity index (χ3n) is 5.11. The number of hydrogen-bond acceptors (Lipinski definition) is 5. The third-order valence-corrected chi connectivity index (χ3v) is 6.47. The van der Waals surface area contributed by atoms with E-state index in [0.717, 1.165) is 24.3 Å². The molecule has 3 rings (SSSR count). The normalized spacial score (nSPS) is 11.9. The van der Waals surface area contributed by atoms with Crippen LogP contribution in [-0.2, 0) is 21.2 Å². The van der Waals surface area contributed by atoms with Crippen LogP contribution in [-0.4, -0.2) is 40.6 Å². The third kappa shape index (κ3) is 6.54. The molecule has 0 saturated carbocycles. The van der Waals surface area contributed by atoms with Gasteiger partial charge in [0.2, 0.25) is 5.91 Å². The second-order valence-electron chi connectivity index (χ2n) is 7.64. The molecule has 1 unspecified atom stereocenters. The molecule has 0 radical (unpaired) electrons. The Morgan fingerprint density at radius 3 is 2.17 bits per heavy atom. The summed E-state index contributed by atoms with van der Waals surface area (Å²) < 4.78 is 73.0. The summed E-state index contributed by atoms with van der Waals surface area (Å²) >= 11 is 0. The number of sulfonamides is 1. The van der Waals surface area contributed by atoms with Gasteiger partial charge in [-0.3, -0.25) is 4.79 Å². The molecule has 0 aliphatic carbocycles. The molecule has 3 aromatic rings. The monoisotopic (exact) mass is 521 g/mol. The minimum Gasteiger partial charge on any atom is -0.497 e. The average molecular weight is 522 g/mol. The number of carbonyl (C=O) groups is 2. The SMILES string of the molecule is COc1ccc(N(C)C(=O)C(Cc2cc(F)cc(F)c2)NC(=O)NS(=O)(=O)c2ccccc2F)cc1. The van der Waals surface area contributed by atoms with Crippen LogP contribution in [0.25, 0.3) is 0 Å². The maximum Gasteiger partial charge on any atom is 0.329 e. The lowest BCUT2D eigenvalue weighted by molar-refractivity contribution is -0.120. The van der Waals surface area contributed by atoms with Crippen LogP contribution in [0.5, 0.6) is 5.75 Å². The van der Waals surface area contributed by atoms with Crippen LogP contribution in [0.3, 0.4) is 0 Å². The van der Waals surface area contributed by atoms with E-state index in [0.29, 0.717) is 17.5 Å². The standard InChI is InChI=1S/C24H22F3N3O5S/c1-30(18-7-9-19(35-2)10-8-18)23(31)21(13-15-11-16(25)14-17(26)12-15)28-24(32)29-36(33,34)22-6-4-3-5-20(22)27/h3-12,14,21H,13H2,1-2H3,(H2,28,29,32). The Morgan fingerprint density at radius 2 is 1.58 bits per heavy atom. The highest BCUT2D eigenvalue weighted by Gasteiger charge is 2.28. The van der Waals surface area contributed by atoms with Crippen molar-refractivity contribution in [2.45, 2.75) is 17.4 Å². The lowest BCUT2D eigenvalue weighted by atomic mass is 10.0. The van der Waals surface area contributed by atoms with Gasteiger partial charge in [-0.25, -0.2) is 31.1 Å². The van der Waals surface area contributed by atoms with E-state index in [1.807, 2.05) is 0 Å². The molecule has 12 heteroatoms. The molecule has 0 bridgehead atoms. The van der Waals surface area contributed by atoms with E-state index in [4.69, 9.17) is 4.74 Å². The number of urea groups is 1. The van der Waals surface area contributed by atoms with E-state index in [-0.39, 0.29) is 12.0 Å². The number of nitrogens with zero attached hydrogens (tertiary/aromatic N) is 1. The van der Waals surface area contributed by atoms with Gasteiger partial charge in [0.15, 0.2) is 0 Å². The summed E-state index contributed by atoms with van der Waals surface area (Å²) in [5.74, 6) is -3.07. The van der Waals surface area contributed by atoms with Crippen molar-refractivity contribution in [3.05, 3.63) is 89.7 Å². The zero-order valence-electron chi connectivity index (χ0n) is 19.2. The molecule has 1 atom stereocenters. The quantitative estimate of drug-likeness (QED) is 0.473. The van der Waals surface area contributed by atoms with Gasteiger partial charge in [0, 0.05) is 25.2 Å². The minimum absolute atomic E-state index is 0.0336. The summed E-state index contributed by atoms with van der Waals surface area (Å²) in [5, 5.41) is 2.21. The van der Waals surface area contributed by atoms with Crippen LogP contribution in [0.2, 0.25) is 0 Å². The highest BCUT2D eigenvalue weighted by Crippen LogP contribution is 2.20. The van der Waals surface area contributed by atoms with Crippen LogP contribution in [0.4, 0.5) is 23.7 Å². The maximum absolute atomic E-state index is 13.9. The number of likely N-dealkylation sites (N-methyl/N-ethyl adjacent to an activating group) is 1. The number of ether oxygens (including phenoxy) is 1. The molecule has 0 saturated heterocycles. The Hall–Kier alpha value is -4.06. The Bertz CT molecular complexity index is 1350. The molecular weight excluding hydrogens is 499 g/mol. The molecule has 8 nitrogen and oxygen atoms in total. The van der Waals surface area contributed by atoms with Gasteiger partial charge in [0.05, 0.1) is 7.11 Å². The van der Waals surface area contributed by atoms with Crippen LogP contribution in [0.1, 0.15) is 5.56 Å². The van der Waals surface area contributed by atoms with E-state index in [9.17, 15) is 31.2 Å². The number of anilines is 1. The molecule has 0 spiro atoms. The van der Waals surface area contributed by atoms with Gasteiger partial charge in [0.1, 0.15) is 34.1 Å². The molecule has 0 aromatic heterocycles. The summed E-state index contributed by atoms with van der Waals surface area (Å²) in [6.07, 6.45) is -0.374. The predicted molar refractivity (Wildman–Crippen MR) is 126 cm³/mol. The summed E-state index contributed by atoms with van der Waals surface area (Å²) in [7, 11) is -1.75. The van der Waals surface area contributed by atoms with Crippen molar-refractivity contribution in [1.29, 1.82) is 0 Å². The molecular formula is C24H22F3N3O5S. The zero-order chi connectivity index (χ0) is 26.5. The minimum atomic E-state index is -4.62. The first-order chi connectivity index (χ1) is 17.0. The number of carbonyl (C=O) groups excluding carboxylic acids is 2. The van der Waals surface area contributed by atoms with E-state index < -0.39 is 50.4 Å². The first-order valence-electron chi connectivity index (χ1n) is 10.4. The van der Waals surface area contributed by atoms with Gasteiger partial charge < -0.3 is 15.0 Å². The maximum atomic E-state index is 13.9. The fourth-order valence-corrected chi connectivity index (χ4v) is 4.35. The molecule has 36 heavy (non-hydrogen) atoms. The number of amides is 3. The summed E-state index contributed by atoms with van der Waals surface area (Å²) in [5.41, 5.74) is 0.434. The van der Waals surface area contributed by atoms with Crippen molar-refractivity contribution in [2.24, 2.45) is 0 Å². The van der Waals surface area contributed by atoms with Crippen LogP contribution >= 0.6 is 0 Å². The summed E-state index contributed by atoms with van der Waals surface area (Å²) in [4.78, 5) is 26.2. The lowest BCUT2D eigenvalue weighted by Gasteiger charge is -2.25. The van der Waals surface area contributed by atoms with Crippen LogP contribution < -0.4 is 19.7 Å². The van der Waals surface area contributed by atoms with Crippen molar-refractivity contribution < 1.29 is 35.9 Å². The number of hydrogen-bond donors (Lipinski definition) is 2. The number of nitrogens with one attached hydrogen (secondary N) is 2. The van der Waals surface area contributed by atoms with Crippen LogP contribution in [0, 0.1) is 17.5 Å². The summed E-state index contributed by atoms with van der Waals surface area (Å²) in [6.45, 7) is 0. The molecule has 3 aromatic carbocycles. The van der Waals surface area contributed by atoms with E-state index in [1.54, 1.807) is 29.0 Å². The molecule has 0 fully saturated rings. The van der Waals surface area contributed by atoms with Crippen molar-refractivity contribution in [3.8, 4) is 5.75 Å². The Kier molecular flexibility index (Phi) is 8.20. The second kappa shape index (κ2) is 11.1. The predicted octanol–water partition coefficient (Wildman–Crippen LogP) is 3.37. The molecule has 0 aliphatic rings. The highest BCUT2D eigenvalue weighted by atomic mass is 32.2. The second-order valence-corrected chi connectivity index (χ2v) is 9.29. The molecule has 3 amide bonds. The lowest BCUT2D eigenvalue weighted by Crippen LogP contribution is -2.52. The van der Waals surface area contributed by atoms with Crippen LogP contribution in [0.15, 0.2) is 71.6 Å². The van der Waals surface area contributed by atoms with Crippen molar-refractivity contribution in [2.75, 3.05) is 19.1 Å². The van der Waals surface area contributed by atoms with Gasteiger partial charge in [-0.05, 0) is 54.1 Å². The molecule has 0 heterocycles. The van der Waals surface area contributed by atoms with E-state index >= 15 is 0 Å². The first-order valence-corrected chi connectivity index (χ1v) is 11.9. The van der Waals surface area contributed by atoms with Gasteiger partial charge in [-0.1, -0.05) is 12.1 Å². The van der Waals surface area contributed by atoms with Crippen molar-refractivity contribution in [1.82, 2.24) is 10.0 Å². The van der Waals surface area contributed by atoms with Gasteiger partial charge in [-0.2, -0.15) is 0 Å². The summed E-state index contributed by atoms with van der Waals surface area (Å²) in [6, 6.07) is 10.5. The highest BCUT2D eigenvalue weighted by molar-refractivity contribution is 7.90. The number of halogens is 3. The average Bonchev–Trinajstić information content (AvgIpc) is 2.82. The fourth-order valence-electron chi connectivity index (χ4n) is 3.36. The Labute approximate surface area is 205 Å². The zero-order valence-corrected chi connectivity index (χ0v) is 20.0. The molecule has 0 aliphatic heterocycles. The smallest absolute Gasteiger partial charge is 0.329 e. The Balaban J connectivity index is 1.86. The van der Waals surface area contributed by atoms with Crippen molar-refractivity contribution in [3.63, 3.8) is 0 Å². The number of benzene rings is 3. The van der Waals surface area contributed by atoms with E-state index in [2.05, 4.69) is 5.32 Å². The first kappa shape index (κ1) is 26.5. The van der Waals surface area contributed by atoms with E-state index in [1.165, 1.54) is 31.2 Å². The van der Waals surface area contributed by atoms with Crippen molar-refractivity contribution >= 4 is 27.6 Å². The number of rotatable bonds is 8.